The van der Waals surface area contributed by atoms with Crippen molar-refractivity contribution in [3.05, 3.63) is 93.8 Å². The summed E-state index contributed by atoms with van der Waals surface area (Å²) in [7, 11) is 1.63. The van der Waals surface area contributed by atoms with Crippen LogP contribution in [0.5, 0.6) is 11.5 Å². The van der Waals surface area contributed by atoms with Crippen LogP contribution in [0.1, 0.15) is 5.56 Å². The molecule has 0 amide bonds. The summed E-state index contributed by atoms with van der Waals surface area (Å²) in [5, 5.41) is 1.43. The molecule has 4 rings (SSSR count). The maximum Gasteiger partial charge on any atom is 0.344 e. The first-order chi connectivity index (χ1) is 13.6. The normalized spacial score (nSPS) is 10.8. The number of ether oxygens (including phenoxy) is 2. The van der Waals surface area contributed by atoms with Gasteiger partial charge in [-0.1, -0.05) is 41.9 Å². The van der Waals surface area contributed by atoms with Crippen molar-refractivity contribution in [3.63, 3.8) is 0 Å². The molecule has 0 aliphatic heterocycles. The Hall–Kier alpha value is -3.24. The summed E-state index contributed by atoms with van der Waals surface area (Å²) >= 11 is 5.92. The maximum atomic E-state index is 12.4. The number of rotatable bonds is 5. The molecule has 0 aliphatic carbocycles. The number of halogens is 1. The highest BCUT2D eigenvalue weighted by Gasteiger charge is 2.09. The minimum absolute atomic E-state index is 0.350. The van der Waals surface area contributed by atoms with Crippen molar-refractivity contribution >= 4 is 22.6 Å². The molecule has 0 fully saturated rings. The topological polar surface area (TPSA) is 48.7 Å². The predicted molar refractivity (Wildman–Crippen MR) is 110 cm³/mol. The standard InChI is InChI=1S/C23H17ClO4/c1-26-21-5-3-2-4-17(21)14-27-19-11-8-16-12-20(23(25)28-22(16)13-19)15-6-9-18(24)10-7-15/h2-13H,14H2,1H3. The van der Waals surface area contributed by atoms with E-state index in [4.69, 9.17) is 25.5 Å². The van der Waals surface area contributed by atoms with Crippen LogP contribution in [0.15, 0.2) is 82.0 Å². The SMILES string of the molecule is COc1ccccc1COc1ccc2cc(-c3ccc(Cl)cc3)c(=O)oc2c1. The molecule has 0 radical (unpaired) electrons. The lowest BCUT2D eigenvalue weighted by atomic mass is 10.1. The van der Waals surface area contributed by atoms with Crippen molar-refractivity contribution < 1.29 is 13.9 Å². The molecule has 5 heteroatoms. The molecule has 0 bridgehead atoms. The monoisotopic (exact) mass is 392 g/mol. The fraction of sp³-hybridized carbons (Fsp3) is 0.0870. The second kappa shape index (κ2) is 7.79. The quantitative estimate of drug-likeness (QED) is 0.409. The van der Waals surface area contributed by atoms with E-state index in [0.717, 1.165) is 22.3 Å². The van der Waals surface area contributed by atoms with E-state index in [1.807, 2.05) is 42.5 Å². The molecule has 0 N–H and O–H groups in total. The first-order valence-corrected chi connectivity index (χ1v) is 9.10. The molecule has 4 aromatic rings. The van der Waals surface area contributed by atoms with Crippen molar-refractivity contribution in [2.75, 3.05) is 7.11 Å². The lowest BCUT2D eigenvalue weighted by Gasteiger charge is -2.10. The van der Waals surface area contributed by atoms with Gasteiger partial charge in [-0.3, -0.25) is 0 Å². The van der Waals surface area contributed by atoms with Gasteiger partial charge >= 0.3 is 5.63 Å². The highest BCUT2D eigenvalue weighted by Crippen LogP contribution is 2.26. The minimum Gasteiger partial charge on any atom is -0.496 e. The molecule has 0 spiro atoms. The van der Waals surface area contributed by atoms with Gasteiger partial charge in [-0.25, -0.2) is 4.79 Å². The van der Waals surface area contributed by atoms with Crippen molar-refractivity contribution in [1.82, 2.24) is 0 Å². The zero-order valence-corrected chi connectivity index (χ0v) is 15.9. The lowest BCUT2D eigenvalue weighted by molar-refractivity contribution is 0.296. The summed E-state index contributed by atoms with van der Waals surface area (Å²) in [6.45, 7) is 0.350. The molecule has 0 saturated carbocycles. The Labute approximate surface area is 166 Å². The van der Waals surface area contributed by atoms with Crippen molar-refractivity contribution in [1.29, 1.82) is 0 Å². The Balaban J connectivity index is 1.62. The predicted octanol–water partition coefficient (Wildman–Crippen LogP) is 5.70. The summed E-state index contributed by atoms with van der Waals surface area (Å²) in [5.74, 6) is 1.38. The molecule has 140 valence electrons. The average molecular weight is 393 g/mol. The highest BCUT2D eigenvalue weighted by molar-refractivity contribution is 6.30. The highest BCUT2D eigenvalue weighted by atomic mass is 35.5. The summed E-state index contributed by atoms with van der Waals surface area (Å²) in [6.07, 6.45) is 0. The zero-order chi connectivity index (χ0) is 19.5. The van der Waals surface area contributed by atoms with Gasteiger partial charge < -0.3 is 13.9 Å². The first kappa shape index (κ1) is 18.1. The Morgan fingerprint density at radius 1 is 0.964 bits per heavy atom. The number of hydrogen-bond acceptors (Lipinski definition) is 4. The smallest absolute Gasteiger partial charge is 0.344 e. The first-order valence-electron chi connectivity index (χ1n) is 8.72. The van der Waals surface area contributed by atoms with E-state index in [9.17, 15) is 4.79 Å². The van der Waals surface area contributed by atoms with Crippen LogP contribution in [0.25, 0.3) is 22.1 Å². The molecule has 28 heavy (non-hydrogen) atoms. The molecule has 0 aliphatic rings. The van der Waals surface area contributed by atoms with Gasteiger partial charge in [-0.2, -0.15) is 0 Å². The van der Waals surface area contributed by atoms with Gasteiger partial charge in [0.2, 0.25) is 0 Å². The van der Waals surface area contributed by atoms with Crippen LogP contribution in [0.4, 0.5) is 0 Å². The number of hydrogen-bond donors (Lipinski definition) is 0. The van der Waals surface area contributed by atoms with E-state index < -0.39 is 5.63 Å². The molecular formula is C23H17ClO4. The Kier molecular flexibility index (Phi) is 5.04. The van der Waals surface area contributed by atoms with Gasteiger partial charge in [0, 0.05) is 22.0 Å². The van der Waals surface area contributed by atoms with E-state index in [1.165, 1.54) is 0 Å². The molecule has 0 saturated heterocycles. The molecular weight excluding hydrogens is 376 g/mol. The third-order valence-corrected chi connectivity index (χ3v) is 4.70. The van der Waals surface area contributed by atoms with Gasteiger partial charge in [0.05, 0.1) is 12.7 Å². The van der Waals surface area contributed by atoms with E-state index >= 15 is 0 Å². The molecule has 3 aromatic carbocycles. The third kappa shape index (κ3) is 3.73. The van der Waals surface area contributed by atoms with Crippen LogP contribution in [-0.2, 0) is 6.61 Å². The lowest BCUT2D eigenvalue weighted by Crippen LogP contribution is -2.03. The van der Waals surface area contributed by atoms with Gasteiger partial charge in [0.1, 0.15) is 23.7 Å². The second-order valence-electron chi connectivity index (χ2n) is 6.25. The summed E-state index contributed by atoms with van der Waals surface area (Å²) in [6, 6.07) is 22.0. The Bertz CT molecular complexity index is 1180. The van der Waals surface area contributed by atoms with E-state index in [2.05, 4.69) is 0 Å². The molecule has 4 nitrogen and oxygen atoms in total. The number of fused-ring (bicyclic) bond motifs is 1. The molecule has 1 heterocycles. The fourth-order valence-corrected chi connectivity index (χ4v) is 3.12. The van der Waals surface area contributed by atoms with Gasteiger partial charge in [-0.05, 0) is 42.0 Å². The van der Waals surface area contributed by atoms with Crippen LogP contribution >= 0.6 is 11.6 Å². The average Bonchev–Trinajstić information content (AvgIpc) is 2.72. The van der Waals surface area contributed by atoms with Crippen molar-refractivity contribution in [2.45, 2.75) is 6.61 Å². The number of benzene rings is 3. The van der Waals surface area contributed by atoms with E-state index in [0.29, 0.717) is 28.5 Å². The summed E-state index contributed by atoms with van der Waals surface area (Å²) in [5.41, 5.74) is 2.25. The van der Waals surface area contributed by atoms with Gasteiger partial charge in [-0.15, -0.1) is 0 Å². The van der Waals surface area contributed by atoms with Crippen LogP contribution in [-0.4, -0.2) is 7.11 Å². The van der Waals surface area contributed by atoms with Crippen LogP contribution in [0.2, 0.25) is 5.02 Å². The van der Waals surface area contributed by atoms with E-state index in [-0.39, 0.29) is 0 Å². The van der Waals surface area contributed by atoms with Crippen LogP contribution < -0.4 is 15.1 Å². The summed E-state index contributed by atoms with van der Waals surface area (Å²) in [4.78, 5) is 12.4. The Morgan fingerprint density at radius 2 is 1.75 bits per heavy atom. The molecule has 1 aromatic heterocycles. The van der Waals surface area contributed by atoms with Crippen molar-refractivity contribution in [3.8, 4) is 22.6 Å². The fourth-order valence-electron chi connectivity index (χ4n) is 3.00. The van der Waals surface area contributed by atoms with Gasteiger partial charge in [0.25, 0.3) is 0 Å². The Morgan fingerprint density at radius 3 is 2.54 bits per heavy atom. The van der Waals surface area contributed by atoms with Crippen LogP contribution in [0, 0.1) is 0 Å². The third-order valence-electron chi connectivity index (χ3n) is 4.45. The zero-order valence-electron chi connectivity index (χ0n) is 15.1. The molecule has 0 unspecified atom stereocenters. The van der Waals surface area contributed by atoms with Crippen LogP contribution in [0.3, 0.4) is 0 Å². The van der Waals surface area contributed by atoms with Gasteiger partial charge in [0.15, 0.2) is 0 Å². The van der Waals surface area contributed by atoms with E-state index in [1.54, 1.807) is 37.4 Å². The number of methoxy groups -OCH3 is 1. The second-order valence-corrected chi connectivity index (χ2v) is 6.69. The summed E-state index contributed by atoms with van der Waals surface area (Å²) < 4.78 is 16.7. The largest absolute Gasteiger partial charge is 0.496 e. The number of para-hydroxylation sites is 1. The minimum atomic E-state index is -0.406. The maximum absolute atomic E-state index is 12.4. The van der Waals surface area contributed by atoms with Crippen molar-refractivity contribution in [2.24, 2.45) is 0 Å². The molecule has 0 atom stereocenters.